The Morgan fingerprint density at radius 1 is 1.33 bits per heavy atom. The first kappa shape index (κ1) is 16.7. The van der Waals surface area contributed by atoms with Gasteiger partial charge in [-0.3, -0.25) is 0 Å². The predicted octanol–water partition coefficient (Wildman–Crippen LogP) is 3.43. The van der Waals surface area contributed by atoms with E-state index in [0.717, 1.165) is 31.6 Å². The number of nitrogens with one attached hydrogen (secondary N) is 2. The third-order valence-electron chi connectivity index (χ3n) is 4.12. The van der Waals surface area contributed by atoms with Gasteiger partial charge < -0.3 is 15.2 Å². The van der Waals surface area contributed by atoms with Gasteiger partial charge in [-0.25, -0.2) is 9.18 Å². The lowest BCUT2D eigenvalue weighted by atomic mass is 10.2. The minimum absolute atomic E-state index is 0.00979. The molecule has 0 radical (unpaired) electrons. The van der Waals surface area contributed by atoms with Crippen LogP contribution in [0.2, 0.25) is 5.02 Å². The van der Waals surface area contributed by atoms with Crippen molar-refractivity contribution >= 4 is 23.3 Å². The van der Waals surface area contributed by atoms with Gasteiger partial charge in [0.2, 0.25) is 0 Å². The molecule has 128 valence electrons. The van der Waals surface area contributed by atoms with Crippen LogP contribution in [0.1, 0.15) is 36.5 Å². The number of rotatable bonds is 3. The first-order valence-corrected chi connectivity index (χ1v) is 8.34. The molecule has 0 aliphatic carbocycles. The van der Waals surface area contributed by atoms with Crippen molar-refractivity contribution < 1.29 is 9.18 Å². The molecule has 0 atom stereocenters. The highest BCUT2D eigenvalue weighted by atomic mass is 35.5. The molecule has 24 heavy (non-hydrogen) atoms. The van der Waals surface area contributed by atoms with Crippen LogP contribution in [0.25, 0.3) is 0 Å². The number of benzene rings is 1. The molecule has 2 aromatic rings. The molecule has 6 nitrogen and oxygen atoms in total. The Bertz CT molecular complexity index is 761. The molecule has 0 unspecified atom stereocenters. The van der Waals surface area contributed by atoms with Crippen LogP contribution in [0.4, 0.5) is 14.9 Å². The zero-order chi connectivity index (χ0) is 17.1. The SMILES string of the molecule is Cc1ccc(NC(=O)NCc2nnc3n2CCCCC3)c(F)c1Cl. The van der Waals surface area contributed by atoms with E-state index in [0.29, 0.717) is 11.4 Å². The van der Waals surface area contributed by atoms with Crippen molar-refractivity contribution in [2.45, 2.75) is 45.7 Å². The highest BCUT2D eigenvalue weighted by Gasteiger charge is 2.16. The molecule has 0 bridgehead atoms. The van der Waals surface area contributed by atoms with Crippen molar-refractivity contribution in [3.8, 4) is 0 Å². The summed E-state index contributed by atoms with van der Waals surface area (Å²) in [4.78, 5) is 12.0. The van der Waals surface area contributed by atoms with E-state index in [1.165, 1.54) is 12.5 Å². The van der Waals surface area contributed by atoms with Gasteiger partial charge in [0.1, 0.15) is 5.82 Å². The molecule has 1 aromatic heterocycles. The molecular formula is C16H19ClFN5O. The van der Waals surface area contributed by atoms with Gasteiger partial charge in [0, 0.05) is 13.0 Å². The van der Waals surface area contributed by atoms with Crippen molar-refractivity contribution in [3.05, 3.63) is 40.2 Å². The molecule has 2 heterocycles. The lowest BCUT2D eigenvalue weighted by molar-refractivity contribution is 0.251. The molecule has 0 saturated heterocycles. The van der Waals surface area contributed by atoms with Crippen LogP contribution >= 0.6 is 11.6 Å². The number of urea groups is 1. The van der Waals surface area contributed by atoms with Crippen LogP contribution in [0.15, 0.2) is 12.1 Å². The van der Waals surface area contributed by atoms with Crippen LogP contribution < -0.4 is 10.6 Å². The van der Waals surface area contributed by atoms with E-state index >= 15 is 0 Å². The number of nitrogens with zero attached hydrogens (tertiary/aromatic N) is 3. The van der Waals surface area contributed by atoms with Crippen LogP contribution in [0, 0.1) is 12.7 Å². The summed E-state index contributed by atoms with van der Waals surface area (Å²) < 4.78 is 16.1. The van der Waals surface area contributed by atoms with Crippen molar-refractivity contribution in [2.75, 3.05) is 5.32 Å². The second-order valence-corrected chi connectivity index (χ2v) is 6.24. The number of hydrogen-bond donors (Lipinski definition) is 2. The molecule has 0 fully saturated rings. The van der Waals surface area contributed by atoms with E-state index in [-0.39, 0.29) is 17.3 Å². The minimum Gasteiger partial charge on any atom is -0.331 e. The van der Waals surface area contributed by atoms with E-state index in [1.807, 2.05) is 0 Å². The van der Waals surface area contributed by atoms with E-state index in [2.05, 4.69) is 25.4 Å². The number of amides is 2. The van der Waals surface area contributed by atoms with Crippen molar-refractivity contribution in [1.82, 2.24) is 20.1 Å². The average molecular weight is 352 g/mol. The average Bonchev–Trinajstić information content (AvgIpc) is 2.80. The Labute approximate surface area is 144 Å². The fraction of sp³-hybridized carbons (Fsp3) is 0.438. The van der Waals surface area contributed by atoms with E-state index < -0.39 is 11.8 Å². The van der Waals surface area contributed by atoms with Gasteiger partial charge in [-0.1, -0.05) is 24.1 Å². The molecule has 2 N–H and O–H groups in total. The fourth-order valence-electron chi connectivity index (χ4n) is 2.74. The monoisotopic (exact) mass is 351 g/mol. The summed E-state index contributed by atoms with van der Waals surface area (Å²) in [6.45, 7) is 2.80. The quantitative estimate of drug-likeness (QED) is 0.889. The number of fused-ring (bicyclic) bond motifs is 1. The van der Waals surface area contributed by atoms with E-state index in [4.69, 9.17) is 11.6 Å². The number of anilines is 1. The number of carbonyl (C=O) groups excluding carboxylic acids is 1. The molecule has 0 saturated carbocycles. The van der Waals surface area contributed by atoms with Crippen molar-refractivity contribution in [1.29, 1.82) is 0 Å². The second kappa shape index (κ2) is 7.17. The number of carbonyl (C=O) groups is 1. The van der Waals surface area contributed by atoms with E-state index in [9.17, 15) is 9.18 Å². The summed E-state index contributed by atoms with van der Waals surface area (Å²) in [6.07, 6.45) is 4.27. The Balaban J connectivity index is 1.62. The smallest absolute Gasteiger partial charge is 0.319 e. The summed E-state index contributed by atoms with van der Waals surface area (Å²) in [5.74, 6) is 1.04. The summed E-state index contributed by atoms with van der Waals surface area (Å²) in [7, 11) is 0. The molecule has 3 rings (SSSR count). The third-order valence-corrected chi connectivity index (χ3v) is 4.58. The maximum absolute atomic E-state index is 14.0. The number of aromatic nitrogens is 3. The standard InChI is InChI=1S/C16H19ClFN5O/c1-10-6-7-11(15(18)14(10)17)20-16(24)19-9-13-22-21-12-5-3-2-4-8-23(12)13/h6-7H,2-5,8-9H2,1H3,(H2,19,20,24). The number of halogens is 2. The van der Waals surface area contributed by atoms with Gasteiger partial charge in [0.15, 0.2) is 11.6 Å². The lowest BCUT2D eigenvalue weighted by Crippen LogP contribution is -2.30. The Morgan fingerprint density at radius 3 is 3.00 bits per heavy atom. The van der Waals surface area contributed by atoms with Gasteiger partial charge >= 0.3 is 6.03 Å². The molecular weight excluding hydrogens is 333 g/mol. The van der Waals surface area contributed by atoms with Crippen LogP contribution in [0.5, 0.6) is 0 Å². The summed E-state index contributed by atoms with van der Waals surface area (Å²) in [5.41, 5.74) is 0.662. The predicted molar refractivity (Wildman–Crippen MR) is 89.6 cm³/mol. The van der Waals surface area contributed by atoms with Crippen LogP contribution in [-0.2, 0) is 19.5 Å². The maximum Gasteiger partial charge on any atom is 0.319 e. The highest BCUT2D eigenvalue weighted by molar-refractivity contribution is 6.31. The zero-order valence-electron chi connectivity index (χ0n) is 13.4. The topological polar surface area (TPSA) is 71.8 Å². The van der Waals surface area contributed by atoms with Crippen LogP contribution in [0.3, 0.4) is 0 Å². The largest absolute Gasteiger partial charge is 0.331 e. The molecule has 8 heteroatoms. The molecule has 1 aliphatic rings. The molecule has 1 aromatic carbocycles. The summed E-state index contributed by atoms with van der Waals surface area (Å²) in [5, 5.41) is 13.5. The van der Waals surface area contributed by atoms with Crippen molar-refractivity contribution in [2.24, 2.45) is 0 Å². The Kier molecular flexibility index (Phi) is 4.99. The highest BCUT2D eigenvalue weighted by Crippen LogP contribution is 2.25. The van der Waals surface area contributed by atoms with Gasteiger partial charge in [0.25, 0.3) is 0 Å². The molecule has 0 spiro atoms. The fourth-order valence-corrected chi connectivity index (χ4v) is 2.91. The minimum atomic E-state index is -0.636. The Hall–Kier alpha value is -2.15. The zero-order valence-corrected chi connectivity index (χ0v) is 14.2. The van der Waals surface area contributed by atoms with Gasteiger partial charge in [-0.05, 0) is 31.4 Å². The van der Waals surface area contributed by atoms with Crippen LogP contribution in [-0.4, -0.2) is 20.8 Å². The van der Waals surface area contributed by atoms with Gasteiger partial charge in [-0.15, -0.1) is 10.2 Å². The van der Waals surface area contributed by atoms with E-state index in [1.54, 1.807) is 13.0 Å². The van der Waals surface area contributed by atoms with Gasteiger partial charge in [-0.2, -0.15) is 0 Å². The molecule has 1 aliphatic heterocycles. The van der Waals surface area contributed by atoms with Crippen molar-refractivity contribution in [3.63, 3.8) is 0 Å². The Morgan fingerprint density at radius 2 is 2.17 bits per heavy atom. The summed E-state index contributed by atoms with van der Waals surface area (Å²) in [6, 6.07) is 2.62. The molecule has 2 amide bonds. The first-order valence-electron chi connectivity index (χ1n) is 7.96. The summed E-state index contributed by atoms with van der Waals surface area (Å²) >= 11 is 5.85. The van der Waals surface area contributed by atoms with Gasteiger partial charge in [0.05, 0.1) is 17.3 Å². The number of aryl methyl sites for hydroxylation is 2. The normalized spacial score (nSPS) is 14.0. The number of hydrogen-bond acceptors (Lipinski definition) is 3. The lowest BCUT2D eigenvalue weighted by Gasteiger charge is -2.11. The second-order valence-electron chi connectivity index (χ2n) is 5.86. The first-order chi connectivity index (χ1) is 11.6. The maximum atomic E-state index is 14.0. The third kappa shape index (κ3) is 3.51.